The SMILES string of the molecule is COC(=O)c1occc1CSc1nc2ccc(Cl)cc2c(=O)n1CC(C)C. The summed E-state index contributed by atoms with van der Waals surface area (Å²) in [5.41, 5.74) is 1.15. The Labute approximate surface area is 165 Å². The van der Waals surface area contributed by atoms with Crippen LogP contribution in [-0.2, 0) is 17.0 Å². The fourth-order valence-corrected chi connectivity index (χ4v) is 3.83. The zero-order valence-electron chi connectivity index (χ0n) is 15.2. The summed E-state index contributed by atoms with van der Waals surface area (Å²) in [6.07, 6.45) is 1.44. The van der Waals surface area contributed by atoms with Crippen LogP contribution in [0.5, 0.6) is 0 Å². The van der Waals surface area contributed by atoms with Crippen LogP contribution in [0.1, 0.15) is 30.0 Å². The molecule has 3 aromatic rings. The Morgan fingerprint density at radius 2 is 2.15 bits per heavy atom. The van der Waals surface area contributed by atoms with Crippen molar-refractivity contribution in [2.45, 2.75) is 31.3 Å². The summed E-state index contributed by atoms with van der Waals surface area (Å²) < 4.78 is 11.6. The van der Waals surface area contributed by atoms with Crippen molar-refractivity contribution in [2.24, 2.45) is 5.92 Å². The predicted octanol–water partition coefficient (Wildman–Crippen LogP) is 4.38. The summed E-state index contributed by atoms with van der Waals surface area (Å²) in [5.74, 6) is 0.316. The average molecular weight is 407 g/mol. The number of rotatable bonds is 6. The number of ether oxygens (including phenoxy) is 1. The van der Waals surface area contributed by atoms with Gasteiger partial charge in [-0.1, -0.05) is 37.2 Å². The van der Waals surface area contributed by atoms with Gasteiger partial charge in [-0.05, 0) is 30.2 Å². The van der Waals surface area contributed by atoms with E-state index in [2.05, 4.69) is 4.98 Å². The van der Waals surface area contributed by atoms with Crippen molar-refractivity contribution in [3.63, 3.8) is 0 Å². The molecule has 2 aromatic heterocycles. The van der Waals surface area contributed by atoms with Crippen LogP contribution in [0.25, 0.3) is 10.9 Å². The molecule has 0 aliphatic carbocycles. The van der Waals surface area contributed by atoms with E-state index >= 15 is 0 Å². The Hall–Kier alpha value is -2.25. The molecular weight excluding hydrogens is 388 g/mol. The number of nitrogens with zero attached hydrogens (tertiary/aromatic N) is 2. The van der Waals surface area contributed by atoms with E-state index in [0.717, 1.165) is 0 Å². The second-order valence-corrected chi connectivity index (χ2v) is 7.80. The molecule has 0 N–H and O–H groups in total. The highest BCUT2D eigenvalue weighted by Crippen LogP contribution is 2.26. The van der Waals surface area contributed by atoms with Gasteiger partial charge in [0.2, 0.25) is 5.76 Å². The van der Waals surface area contributed by atoms with Crippen molar-refractivity contribution in [2.75, 3.05) is 7.11 Å². The molecule has 142 valence electrons. The van der Waals surface area contributed by atoms with E-state index in [1.807, 2.05) is 13.8 Å². The number of methoxy groups -OCH3 is 1. The third-order valence-electron chi connectivity index (χ3n) is 3.90. The number of thioether (sulfide) groups is 1. The summed E-state index contributed by atoms with van der Waals surface area (Å²) in [6.45, 7) is 4.61. The summed E-state index contributed by atoms with van der Waals surface area (Å²) >= 11 is 7.42. The van der Waals surface area contributed by atoms with Crippen molar-refractivity contribution in [3.8, 4) is 0 Å². The Bertz CT molecular complexity index is 1040. The van der Waals surface area contributed by atoms with Gasteiger partial charge in [0.25, 0.3) is 5.56 Å². The van der Waals surface area contributed by atoms with Crippen LogP contribution < -0.4 is 5.56 Å². The van der Waals surface area contributed by atoms with E-state index in [1.165, 1.54) is 25.1 Å². The van der Waals surface area contributed by atoms with Crippen molar-refractivity contribution < 1.29 is 13.9 Å². The number of fused-ring (bicyclic) bond motifs is 1. The quantitative estimate of drug-likeness (QED) is 0.343. The maximum absolute atomic E-state index is 13.0. The Kier molecular flexibility index (Phi) is 5.92. The largest absolute Gasteiger partial charge is 0.463 e. The second-order valence-electron chi connectivity index (χ2n) is 6.42. The van der Waals surface area contributed by atoms with E-state index < -0.39 is 5.97 Å². The van der Waals surface area contributed by atoms with E-state index in [9.17, 15) is 9.59 Å². The number of furan rings is 1. The van der Waals surface area contributed by atoms with E-state index in [4.69, 9.17) is 20.8 Å². The number of halogens is 1. The van der Waals surface area contributed by atoms with Crippen molar-refractivity contribution in [1.82, 2.24) is 9.55 Å². The topological polar surface area (TPSA) is 74.3 Å². The number of hydrogen-bond acceptors (Lipinski definition) is 6. The van der Waals surface area contributed by atoms with Gasteiger partial charge in [0.1, 0.15) is 0 Å². The molecule has 0 atom stereocenters. The molecule has 1 aromatic carbocycles. The Balaban J connectivity index is 2.00. The second kappa shape index (κ2) is 8.19. The minimum Gasteiger partial charge on any atom is -0.463 e. The molecule has 3 rings (SSSR count). The highest BCUT2D eigenvalue weighted by molar-refractivity contribution is 7.98. The molecule has 0 spiro atoms. The first kappa shape index (κ1) is 19.5. The number of carbonyl (C=O) groups is 1. The summed E-state index contributed by atoms with van der Waals surface area (Å²) in [7, 11) is 1.30. The Morgan fingerprint density at radius 3 is 2.85 bits per heavy atom. The van der Waals surface area contributed by atoms with Gasteiger partial charge in [-0.3, -0.25) is 9.36 Å². The lowest BCUT2D eigenvalue weighted by molar-refractivity contribution is 0.0564. The summed E-state index contributed by atoms with van der Waals surface area (Å²) in [4.78, 5) is 29.4. The molecule has 0 aliphatic rings. The fourth-order valence-electron chi connectivity index (χ4n) is 2.67. The highest BCUT2D eigenvalue weighted by atomic mass is 35.5. The van der Waals surface area contributed by atoms with Crippen molar-refractivity contribution in [1.29, 1.82) is 0 Å². The normalized spacial score (nSPS) is 11.3. The van der Waals surface area contributed by atoms with Gasteiger partial charge in [-0.25, -0.2) is 9.78 Å². The molecule has 0 aliphatic heterocycles. The molecule has 0 fully saturated rings. The monoisotopic (exact) mass is 406 g/mol. The third kappa shape index (κ3) is 4.20. The minimum atomic E-state index is -0.531. The first-order valence-corrected chi connectivity index (χ1v) is 9.74. The third-order valence-corrected chi connectivity index (χ3v) is 5.16. The zero-order valence-corrected chi connectivity index (χ0v) is 16.8. The van der Waals surface area contributed by atoms with Crippen molar-refractivity contribution >= 4 is 40.2 Å². The summed E-state index contributed by atoms with van der Waals surface area (Å²) in [5, 5.41) is 1.57. The van der Waals surface area contributed by atoms with Gasteiger partial charge >= 0.3 is 5.97 Å². The van der Waals surface area contributed by atoms with Crippen LogP contribution in [0.2, 0.25) is 5.02 Å². The highest BCUT2D eigenvalue weighted by Gasteiger charge is 2.18. The molecule has 6 nitrogen and oxygen atoms in total. The lowest BCUT2D eigenvalue weighted by Crippen LogP contribution is -2.25. The maximum atomic E-state index is 13.0. The van der Waals surface area contributed by atoms with E-state index in [1.54, 1.807) is 28.8 Å². The number of carbonyl (C=O) groups excluding carboxylic acids is 1. The molecular formula is C19H19ClN2O4S. The lowest BCUT2D eigenvalue weighted by Gasteiger charge is -2.15. The molecule has 0 saturated heterocycles. The first-order chi connectivity index (χ1) is 12.9. The molecule has 27 heavy (non-hydrogen) atoms. The van der Waals surface area contributed by atoms with Crippen LogP contribution in [0, 0.1) is 5.92 Å². The number of esters is 1. The molecule has 2 heterocycles. The lowest BCUT2D eigenvalue weighted by atomic mass is 10.2. The fraction of sp³-hybridized carbons (Fsp3) is 0.316. The molecule has 0 bridgehead atoms. The van der Waals surface area contributed by atoms with E-state index in [-0.39, 0.29) is 17.2 Å². The minimum absolute atomic E-state index is 0.126. The van der Waals surface area contributed by atoms with Gasteiger partial charge in [0.05, 0.1) is 24.3 Å². The van der Waals surface area contributed by atoms with E-state index in [0.29, 0.717) is 38.9 Å². The van der Waals surface area contributed by atoms with Crippen LogP contribution >= 0.6 is 23.4 Å². The smallest absolute Gasteiger partial charge is 0.374 e. The van der Waals surface area contributed by atoms with Gasteiger partial charge in [-0.2, -0.15) is 0 Å². The van der Waals surface area contributed by atoms with Gasteiger partial charge in [-0.15, -0.1) is 0 Å². The van der Waals surface area contributed by atoms with Gasteiger partial charge in [0, 0.05) is 22.9 Å². The number of aromatic nitrogens is 2. The first-order valence-electron chi connectivity index (χ1n) is 8.38. The average Bonchev–Trinajstić information content (AvgIpc) is 3.11. The molecule has 0 amide bonds. The summed E-state index contributed by atoms with van der Waals surface area (Å²) in [6, 6.07) is 6.80. The molecule has 0 radical (unpaired) electrons. The van der Waals surface area contributed by atoms with Crippen LogP contribution in [0.15, 0.2) is 44.9 Å². The number of hydrogen-bond donors (Lipinski definition) is 0. The standard InChI is InChI=1S/C19H19ClN2O4S/c1-11(2)9-22-17(23)14-8-13(20)4-5-15(14)21-19(22)27-10-12-6-7-26-16(12)18(24)25-3/h4-8,11H,9-10H2,1-3H3. The van der Waals surface area contributed by atoms with Gasteiger partial charge in [0.15, 0.2) is 5.16 Å². The number of benzene rings is 1. The van der Waals surface area contributed by atoms with Crippen LogP contribution in [-0.4, -0.2) is 22.6 Å². The molecule has 8 heteroatoms. The maximum Gasteiger partial charge on any atom is 0.374 e. The molecule has 0 unspecified atom stereocenters. The van der Waals surface area contributed by atoms with Gasteiger partial charge < -0.3 is 9.15 Å². The Morgan fingerprint density at radius 1 is 1.37 bits per heavy atom. The van der Waals surface area contributed by atoms with Crippen LogP contribution in [0.3, 0.4) is 0 Å². The zero-order chi connectivity index (χ0) is 19.6. The molecule has 0 saturated carbocycles. The van der Waals surface area contributed by atoms with Crippen molar-refractivity contribution in [3.05, 3.63) is 57.2 Å². The van der Waals surface area contributed by atoms with Crippen LogP contribution in [0.4, 0.5) is 0 Å². The predicted molar refractivity (Wildman–Crippen MR) is 105 cm³/mol.